The zero-order valence-electron chi connectivity index (χ0n) is 33.9. The molecule has 262 valence electrons. The predicted octanol–water partition coefficient (Wildman–Crippen LogP) is 13.7. The Kier molecular flexibility index (Phi) is 6.70. The lowest BCUT2D eigenvalue weighted by Crippen LogP contribution is -2.06. The number of fused-ring (bicyclic) bond motifs is 6. The molecule has 0 aliphatic rings. The van der Waals surface area contributed by atoms with Crippen molar-refractivity contribution < 1.29 is 5.48 Å². The third-order valence-corrected chi connectivity index (χ3v) is 11.5. The fourth-order valence-corrected chi connectivity index (χ4v) is 8.88. The molecule has 4 nitrogen and oxygen atoms in total. The van der Waals surface area contributed by atoms with Gasteiger partial charge in [-0.05, 0) is 63.7 Å². The van der Waals surface area contributed by atoms with E-state index in [0.717, 1.165) is 54.6 Å². The molecular formula is C51H32N4S. The first-order chi connectivity index (χ1) is 29.4. The second kappa shape index (κ2) is 13.3. The number of hydrogen-bond donors (Lipinski definition) is 0. The van der Waals surface area contributed by atoms with Crippen molar-refractivity contribution in [2.45, 2.75) is 0 Å². The maximum Gasteiger partial charge on any atom is 0.238 e. The Balaban J connectivity index is 1.18. The quantitative estimate of drug-likeness (QED) is 0.171. The molecule has 11 aromatic rings. The Morgan fingerprint density at radius 1 is 0.411 bits per heavy atom. The zero-order chi connectivity index (χ0) is 40.5. The van der Waals surface area contributed by atoms with Crippen molar-refractivity contribution in [1.29, 1.82) is 0 Å². The second-order valence-electron chi connectivity index (χ2n) is 13.7. The van der Waals surface area contributed by atoms with Crippen molar-refractivity contribution in [2.75, 3.05) is 0 Å². The number of hydrogen-bond acceptors (Lipinski definition) is 4. The van der Waals surface area contributed by atoms with Gasteiger partial charge in [-0.3, -0.25) is 4.57 Å². The number of rotatable bonds is 6. The highest BCUT2D eigenvalue weighted by molar-refractivity contribution is 7.25. The molecule has 0 spiro atoms. The summed E-state index contributed by atoms with van der Waals surface area (Å²) in [6, 6.07) is 56.4. The Morgan fingerprint density at radius 3 is 1.84 bits per heavy atom. The van der Waals surface area contributed by atoms with Crippen molar-refractivity contribution in [3.8, 4) is 62.1 Å². The average Bonchev–Trinajstić information content (AvgIpc) is 3.87. The minimum Gasteiger partial charge on any atom is -0.278 e. The molecule has 5 heteroatoms. The van der Waals surface area contributed by atoms with Gasteiger partial charge in [0.2, 0.25) is 5.95 Å². The molecule has 0 saturated carbocycles. The molecule has 3 heterocycles. The standard InChI is InChI=1S/C51H32N4S/c1-3-13-33(14-4-1)35-25-27-36(28-26-35)49-52-50(39-29-30-42-41-19-8-10-24-46(41)56-47(42)32-39)54-51(53-49)55-44-22-9-7-20-43(44)48-40(21-12-23-45(48)55)38-18-11-17-37(31-38)34-15-5-2-6-16-34/h1-32H/i7D,9D,20D,22D. The Morgan fingerprint density at radius 2 is 1.02 bits per heavy atom. The molecule has 0 amide bonds. The molecule has 3 aromatic heterocycles. The van der Waals surface area contributed by atoms with Gasteiger partial charge in [0.15, 0.2) is 11.6 Å². The third kappa shape index (κ3) is 5.48. The van der Waals surface area contributed by atoms with Crippen LogP contribution in [0.4, 0.5) is 0 Å². The van der Waals surface area contributed by atoms with E-state index in [1.807, 2.05) is 84.9 Å². The predicted molar refractivity (Wildman–Crippen MR) is 234 cm³/mol. The van der Waals surface area contributed by atoms with Gasteiger partial charge in [-0.15, -0.1) is 11.3 Å². The number of nitrogens with zero attached hydrogens (tertiary/aromatic N) is 4. The summed E-state index contributed by atoms with van der Waals surface area (Å²) in [5.74, 6) is 1.14. The first-order valence-electron chi connectivity index (χ1n) is 20.4. The molecule has 0 aliphatic heterocycles. The summed E-state index contributed by atoms with van der Waals surface area (Å²) in [4.78, 5) is 15.4. The monoisotopic (exact) mass is 736 g/mol. The van der Waals surface area contributed by atoms with E-state index in [4.69, 9.17) is 17.7 Å². The van der Waals surface area contributed by atoms with E-state index in [-0.39, 0.29) is 30.1 Å². The fourth-order valence-electron chi connectivity index (χ4n) is 7.74. The van der Waals surface area contributed by atoms with E-state index in [0.29, 0.717) is 33.5 Å². The summed E-state index contributed by atoms with van der Waals surface area (Å²) in [7, 11) is 0. The van der Waals surface area contributed by atoms with Gasteiger partial charge in [0.05, 0.1) is 16.5 Å². The molecule has 11 rings (SSSR count). The second-order valence-corrected chi connectivity index (χ2v) is 14.8. The average molecular weight is 737 g/mol. The first-order valence-corrected chi connectivity index (χ1v) is 19.3. The summed E-state index contributed by atoms with van der Waals surface area (Å²) < 4.78 is 40.5. The molecule has 0 saturated heterocycles. The van der Waals surface area contributed by atoms with Gasteiger partial charge in [-0.1, -0.05) is 164 Å². The van der Waals surface area contributed by atoms with Crippen LogP contribution in [-0.4, -0.2) is 19.5 Å². The lowest BCUT2D eigenvalue weighted by atomic mass is 9.96. The van der Waals surface area contributed by atoms with Crippen LogP contribution in [-0.2, 0) is 0 Å². The van der Waals surface area contributed by atoms with Gasteiger partial charge in [0.1, 0.15) is 0 Å². The highest BCUT2D eigenvalue weighted by Crippen LogP contribution is 2.40. The number of para-hydroxylation sites is 1. The van der Waals surface area contributed by atoms with Crippen LogP contribution in [0.3, 0.4) is 0 Å². The molecular weight excluding hydrogens is 701 g/mol. The Labute approximate surface area is 333 Å². The van der Waals surface area contributed by atoms with Crippen LogP contribution < -0.4 is 0 Å². The van der Waals surface area contributed by atoms with Crippen molar-refractivity contribution in [3.63, 3.8) is 0 Å². The molecule has 0 aliphatic carbocycles. The molecule has 0 N–H and O–H groups in total. The summed E-state index contributed by atoms with van der Waals surface area (Å²) in [5.41, 5.74) is 8.56. The van der Waals surface area contributed by atoms with E-state index in [9.17, 15) is 2.74 Å². The maximum absolute atomic E-state index is 9.37. The van der Waals surface area contributed by atoms with Crippen LogP contribution in [0.25, 0.3) is 104 Å². The molecule has 0 fully saturated rings. The van der Waals surface area contributed by atoms with E-state index < -0.39 is 0 Å². The van der Waals surface area contributed by atoms with Crippen molar-refractivity contribution >= 4 is 53.3 Å². The topological polar surface area (TPSA) is 43.6 Å². The van der Waals surface area contributed by atoms with Crippen LogP contribution >= 0.6 is 11.3 Å². The highest BCUT2D eigenvalue weighted by Gasteiger charge is 2.20. The normalized spacial score (nSPS) is 12.6. The van der Waals surface area contributed by atoms with Crippen LogP contribution in [0.5, 0.6) is 0 Å². The van der Waals surface area contributed by atoms with Gasteiger partial charge >= 0.3 is 0 Å². The SMILES string of the molecule is [2H]c1c([2H])c([2H])c2c(c1[2H])c1c(-c3cccc(-c4ccccc4)c3)cccc1n2-c1nc(-c2ccc(-c3ccccc3)cc2)nc(-c2ccc3c(c2)sc2ccccc23)n1. The zero-order valence-corrected chi connectivity index (χ0v) is 30.7. The molecule has 56 heavy (non-hydrogen) atoms. The molecule has 0 unspecified atom stereocenters. The van der Waals surface area contributed by atoms with E-state index in [2.05, 4.69) is 84.9 Å². The third-order valence-electron chi connectivity index (χ3n) is 10.4. The fraction of sp³-hybridized carbons (Fsp3) is 0. The van der Waals surface area contributed by atoms with Gasteiger partial charge in [0.25, 0.3) is 0 Å². The summed E-state index contributed by atoms with van der Waals surface area (Å²) in [6.07, 6.45) is 0. The number of thiophene rings is 1. The Hall–Kier alpha value is -7.21. The largest absolute Gasteiger partial charge is 0.278 e. The van der Waals surface area contributed by atoms with Gasteiger partial charge in [0, 0.05) is 42.1 Å². The summed E-state index contributed by atoms with van der Waals surface area (Å²) in [5, 5.41) is 3.45. The van der Waals surface area contributed by atoms with Crippen molar-refractivity contribution in [3.05, 3.63) is 194 Å². The number of aromatic nitrogens is 4. The summed E-state index contributed by atoms with van der Waals surface area (Å²) >= 11 is 1.72. The molecule has 8 aromatic carbocycles. The van der Waals surface area contributed by atoms with Gasteiger partial charge in [-0.2, -0.15) is 9.97 Å². The molecule has 0 radical (unpaired) electrons. The molecule has 0 atom stereocenters. The van der Waals surface area contributed by atoms with E-state index in [1.165, 1.54) is 10.1 Å². The van der Waals surface area contributed by atoms with Crippen molar-refractivity contribution in [1.82, 2.24) is 19.5 Å². The van der Waals surface area contributed by atoms with Crippen LogP contribution in [0.15, 0.2) is 194 Å². The van der Waals surface area contributed by atoms with Crippen molar-refractivity contribution in [2.24, 2.45) is 0 Å². The van der Waals surface area contributed by atoms with Crippen LogP contribution in [0.1, 0.15) is 5.48 Å². The van der Waals surface area contributed by atoms with Crippen LogP contribution in [0, 0.1) is 0 Å². The minimum absolute atomic E-state index is 0.123. The van der Waals surface area contributed by atoms with E-state index in [1.54, 1.807) is 15.9 Å². The Bertz CT molecular complexity index is 3470. The smallest absolute Gasteiger partial charge is 0.238 e. The molecule has 0 bridgehead atoms. The van der Waals surface area contributed by atoms with Crippen LogP contribution in [0.2, 0.25) is 0 Å². The highest BCUT2D eigenvalue weighted by atomic mass is 32.1. The minimum atomic E-state index is -0.328. The van der Waals surface area contributed by atoms with Gasteiger partial charge in [-0.25, -0.2) is 4.98 Å². The first kappa shape index (κ1) is 28.3. The lowest BCUT2D eigenvalue weighted by molar-refractivity contribution is 0.954. The lowest BCUT2D eigenvalue weighted by Gasteiger charge is -2.12. The summed E-state index contributed by atoms with van der Waals surface area (Å²) in [6.45, 7) is 0. The maximum atomic E-state index is 9.37. The van der Waals surface area contributed by atoms with Gasteiger partial charge < -0.3 is 0 Å². The van der Waals surface area contributed by atoms with E-state index >= 15 is 0 Å². The number of benzene rings is 8.